The van der Waals surface area contributed by atoms with E-state index in [1.807, 2.05) is 0 Å². The second kappa shape index (κ2) is 6.42. The molecular weight excluding hydrogens is 175 g/mol. The molecule has 0 aliphatic heterocycles. The Labute approximate surface area is 89.3 Å². The molecule has 0 bridgehead atoms. The number of rotatable bonds is 7. The van der Waals surface area contributed by atoms with Crippen LogP contribution in [0.25, 0.3) is 0 Å². The highest BCUT2D eigenvalue weighted by atomic mass is 19.1. The van der Waals surface area contributed by atoms with Crippen molar-refractivity contribution in [2.24, 2.45) is 11.8 Å². The van der Waals surface area contributed by atoms with E-state index >= 15 is 0 Å². The Bertz CT molecular complexity index is 136. The van der Waals surface area contributed by atoms with Crippen molar-refractivity contribution in [2.75, 3.05) is 0 Å². The zero-order valence-electron chi connectivity index (χ0n) is 10.6. The van der Waals surface area contributed by atoms with Crippen molar-refractivity contribution in [3.8, 4) is 0 Å². The Morgan fingerprint density at radius 3 is 2.00 bits per heavy atom. The SMILES string of the molecule is CCCC(C)(F)CC(C)C(CC)CC. The monoisotopic (exact) mass is 202 g/mol. The van der Waals surface area contributed by atoms with Crippen LogP contribution in [0.15, 0.2) is 0 Å². The maximum Gasteiger partial charge on any atom is 0.108 e. The third-order valence-corrected chi connectivity index (χ3v) is 3.37. The zero-order chi connectivity index (χ0) is 11.2. The zero-order valence-corrected chi connectivity index (χ0v) is 10.6. The second-order valence-corrected chi connectivity index (χ2v) is 4.92. The van der Waals surface area contributed by atoms with Gasteiger partial charge in [0.05, 0.1) is 0 Å². The number of halogens is 1. The summed E-state index contributed by atoms with van der Waals surface area (Å²) in [5.74, 6) is 1.22. The molecule has 1 heteroatoms. The summed E-state index contributed by atoms with van der Waals surface area (Å²) in [7, 11) is 0. The van der Waals surface area contributed by atoms with Crippen LogP contribution in [0.5, 0.6) is 0 Å². The Morgan fingerprint density at radius 2 is 1.64 bits per heavy atom. The summed E-state index contributed by atoms with van der Waals surface area (Å²) in [5, 5.41) is 0. The molecule has 2 atom stereocenters. The quantitative estimate of drug-likeness (QED) is 0.546. The average molecular weight is 202 g/mol. The van der Waals surface area contributed by atoms with Crippen LogP contribution in [0.2, 0.25) is 0 Å². The molecule has 0 aliphatic rings. The van der Waals surface area contributed by atoms with Crippen molar-refractivity contribution in [1.82, 2.24) is 0 Å². The molecule has 0 aromatic carbocycles. The molecule has 2 unspecified atom stereocenters. The van der Waals surface area contributed by atoms with Crippen molar-refractivity contribution in [3.63, 3.8) is 0 Å². The summed E-state index contributed by atoms with van der Waals surface area (Å²) >= 11 is 0. The lowest BCUT2D eigenvalue weighted by Gasteiger charge is -2.28. The van der Waals surface area contributed by atoms with E-state index in [0.29, 0.717) is 18.3 Å². The Kier molecular flexibility index (Phi) is 6.39. The van der Waals surface area contributed by atoms with E-state index in [2.05, 4.69) is 27.7 Å². The minimum atomic E-state index is -0.948. The van der Waals surface area contributed by atoms with E-state index in [1.165, 1.54) is 12.8 Å². The number of hydrogen-bond donors (Lipinski definition) is 0. The van der Waals surface area contributed by atoms with Crippen LogP contribution in [0.1, 0.15) is 66.7 Å². The number of hydrogen-bond acceptors (Lipinski definition) is 0. The third kappa shape index (κ3) is 4.97. The van der Waals surface area contributed by atoms with E-state index in [-0.39, 0.29) is 0 Å². The van der Waals surface area contributed by atoms with Crippen LogP contribution in [0.3, 0.4) is 0 Å². The maximum absolute atomic E-state index is 14.0. The van der Waals surface area contributed by atoms with Gasteiger partial charge < -0.3 is 0 Å². The van der Waals surface area contributed by atoms with Gasteiger partial charge in [-0.3, -0.25) is 0 Å². The Hall–Kier alpha value is -0.0700. The largest absolute Gasteiger partial charge is 0.244 e. The lowest BCUT2D eigenvalue weighted by molar-refractivity contribution is 0.115. The summed E-state index contributed by atoms with van der Waals surface area (Å²) in [6.07, 6.45) is 4.74. The topological polar surface area (TPSA) is 0 Å². The van der Waals surface area contributed by atoms with E-state index in [1.54, 1.807) is 6.92 Å². The summed E-state index contributed by atoms with van der Waals surface area (Å²) in [6.45, 7) is 10.4. The van der Waals surface area contributed by atoms with Crippen molar-refractivity contribution in [3.05, 3.63) is 0 Å². The average Bonchev–Trinajstić information content (AvgIpc) is 2.04. The van der Waals surface area contributed by atoms with Gasteiger partial charge in [-0.2, -0.15) is 0 Å². The van der Waals surface area contributed by atoms with E-state index in [9.17, 15) is 4.39 Å². The lowest BCUT2D eigenvalue weighted by atomic mass is 9.81. The van der Waals surface area contributed by atoms with Crippen LogP contribution in [-0.2, 0) is 0 Å². The fourth-order valence-corrected chi connectivity index (χ4v) is 2.55. The van der Waals surface area contributed by atoms with Gasteiger partial charge in [-0.05, 0) is 31.6 Å². The molecule has 0 aromatic rings. The maximum atomic E-state index is 14.0. The fourth-order valence-electron chi connectivity index (χ4n) is 2.55. The summed E-state index contributed by atoms with van der Waals surface area (Å²) in [5.41, 5.74) is -0.948. The van der Waals surface area contributed by atoms with Crippen LogP contribution in [-0.4, -0.2) is 5.67 Å². The molecular formula is C13H27F. The minimum absolute atomic E-state index is 0.520. The van der Waals surface area contributed by atoms with Gasteiger partial charge in [0.15, 0.2) is 0 Å². The first-order chi connectivity index (χ1) is 6.46. The first-order valence-electron chi connectivity index (χ1n) is 6.15. The molecule has 86 valence electrons. The molecule has 0 spiro atoms. The highest BCUT2D eigenvalue weighted by Gasteiger charge is 2.27. The molecule has 14 heavy (non-hydrogen) atoms. The van der Waals surface area contributed by atoms with Gasteiger partial charge in [-0.25, -0.2) is 4.39 Å². The Morgan fingerprint density at radius 1 is 1.14 bits per heavy atom. The molecule has 0 N–H and O–H groups in total. The van der Waals surface area contributed by atoms with Gasteiger partial charge in [0.1, 0.15) is 5.67 Å². The second-order valence-electron chi connectivity index (χ2n) is 4.92. The Balaban J connectivity index is 4.07. The van der Waals surface area contributed by atoms with Gasteiger partial charge >= 0.3 is 0 Å². The van der Waals surface area contributed by atoms with Crippen LogP contribution in [0.4, 0.5) is 4.39 Å². The van der Waals surface area contributed by atoms with Gasteiger partial charge in [0, 0.05) is 0 Å². The predicted octanol–water partition coefficient (Wildman–Crippen LogP) is 4.98. The van der Waals surface area contributed by atoms with Crippen LogP contribution < -0.4 is 0 Å². The van der Waals surface area contributed by atoms with E-state index < -0.39 is 5.67 Å². The van der Waals surface area contributed by atoms with Gasteiger partial charge in [-0.15, -0.1) is 0 Å². The molecule has 0 aliphatic carbocycles. The van der Waals surface area contributed by atoms with Crippen molar-refractivity contribution in [2.45, 2.75) is 72.4 Å². The molecule has 0 rings (SSSR count). The molecule has 0 nitrogen and oxygen atoms in total. The third-order valence-electron chi connectivity index (χ3n) is 3.37. The molecule has 0 aromatic heterocycles. The van der Waals surface area contributed by atoms with Crippen molar-refractivity contribution < 1.29 is 4.39 Å². The minimum Gasteiger partial charge on any atom is -0.244 e. The first-order valence-corrected chi connectivity index (χ1v) is 6.15. The fraction of sp³-hybridized carbons (Fsp3) is 1.00. The van der Waals surface area contributed by atoms with E-state index in [0.717, 1.165) is 12.8 Å². The van der Waals surface area contributed by atoms with Gasteiger partial charge in [0.2, 0.25) is 0 Å². The summed E-state index contributed by atoms with van der Waals surface area (Å²) in [6, 6.07) is 0. The lowest BCUT2D eigenvalue weighted by Crippen LogP contribution is -2.24. The van der Waals surface area contributed by atoms with Crippen LogP contribution >= 0.6 is 0 Å². The molecule has 0 saturated heterocycles. The number of alkyl halides is 1. The molecule has 0 saturated carbocycles. The highest BCUT2D eigenvalue weighted by Crippen LogP contribution is 2.32. The van der Waals surface area contributed by atoms with Gasteiger partial charge in [0.25, 0.3) is 0 Å². The molecule has 0 fully saturated rings. The molecule has 0 heterocycles. The molecule has 0 amide bonds. The summed E-state index contributed by atoms with van der Waals surface area (Å²) in [4.78, 5) is 0. The smallest absolute Gasteiger partial charge is 0.108 e. The summed E-state index contributed by atoms with van der Waals surface area (Å²) < 4.78 is 14.0. The van der Waals surface area contributed by atoms with Crippen LogP contribution in [0, 0.1) is 11.8 Å². The highest BCUT2D eigenvalue weighted by molar-refractivity contribution is 4.78. The first kappa shape index (κ1) is 13.9. The predicted molar refractivity (Wildman–Crippen MR) is 62.3 cm³/mol. The van der Waals surface area contributed by atoms with E-state index in [4.69, 9.17) is 0 Å². The van der Waals surface area contributed by atoms with Crippen molar-refractivity contribution in [1.29, 1.82) is 0 Å². The molecule has 0 radical (unpaired) electrons. The standard InChI is InChI=1S/C13H27F/c1-6-9-13(5,14)10-11(4)12(7-2)8-3/h11-12H,6-10H2,1-5H3. The normalized spacial score (nSPS) is 18.2. The van der Waals surface area contributed by atoms with Crippen molar-refractivity contribution >= 4 is 0 Å². The van der Waals surface area contributed by atoms with Gasteiger partial charge in [-0.1, -0.05) is 47.0 Å².